The minimum absolute atomic E-state index is 0.105. The van der Waals surface area contributed by atoms with E-state index in [4.69, 9.17) is 11.5 Å². The number of amides is 2. The average molecular weight is 278 g/mol. The van der Waals surface area contributed by atoms with Gasteiger partial charge in [-0.25, -0.2) is 4.98 Å². The van der Waals surface area contributed by atoms with E-state index in [1.54, 1.807) is 0 Å². The number of rotatable bonds is 4. The number of thiophene rings is 1. The molecule has 0 saturated carbocycles. The number of anilines is 1. The van der Waals surface area contributed by atoms with Gasteiger partial charge < -0.3 is 16.8 Å². The van der Waals surface area contributed by atoms with E-state index >= 15 is 0 Å². The molecule has 2 heterocycles. The van der Waals surface area contributed by atoms with Gasteiger partial charge in [0.15, 0.2) is 0 Å². The molecule has 19 heavy (non-hydrogen) atoms. The summed E-state index contributed by atoms with van der Waals surface area (Å²) in [5, 5.41) is 3.38. The summed E-state index contributed by atoms with van der Waals surface area (Å²) in [7, 11) is 0. The molecule has 0 aliphatic carbocycles. The number of fused-ring (bicyclic) bond motifs is 1. The molecule has 6 nitrogen and oxygen atoms in total. The molecule has 0 fully saturated rings. The molecule has 7 heteroatoms. The van der Waals surface area contributed by atoms with Crippen LogP contribution in [0.2, 0.25) is 0 Å². The molecule has 0 aromatic carbocycles. The van der Waals surface area contributed by atoms with Crippen LogP contribution in [0.1, 0.15) is 21.8 Å². The van der Waals surface area contributed by atoms with Crippen molar-refractivity contribution in [1.82, 2.24) is 10.3 Å². The molecule has 5 N–H and O–H groups in total. The van der Waals surface area contributed by atoms with Crippen LogP contribution < -0.4 is 16.8 Å². The third-order valence-corrected chi connectivity index (χ3v) is 3.71. The number of nitrogens with two attached hydrogens (primary N) is 2. The van der Waals surface area contributed by atoms with Gasteiger partial charge in [0.2, 0.25) is 5.91 Å². The number of nitrogen functional groups attached to an aromatic ring is 1. The molecular weight excluding hydrogens is 264 g/mol. The van der Waals surface area contributed by atoms with Crippen molar-refractivity contribution in [3.63, 3.8) is 0 Å². The van der Waals surface area contributed by atoms with Crippen molar-refractivity contribution in [1.29, 1.82) is 0 Å². The summed E-state index contributed by atoms with van der Waals surface area (Å²) in [4.78, 5) is 28.0. The Balaban J connectivity index is 2.22. The number of aryl methyl sites for hydroxylation is 1. The first-order valence-corrected chi connectivity index (χ1v) is 6.53. The fraction of sp³-hybridized carbons (Fsp3) is 0.250. The van der Waals surface area contributed by atoms with E-state index in [2.05, 4.69) is 10.3 Å². The van der Waals surface area contributed by atoms with Crippen molar-refractivity contribution in [2.75, 3.05) is 12.3 Å². The lowest BCUT2D eigenvalue weighted by molar-refractivity contribution is -0.117. The molecule has 0 aliphatic rings. The topological polar surface area (TPSA) is 111 Å². The van der Waals surface area contributed by atoms with E-state index in [0.717, 1.165) is 15.9 Å². The average Bonchev–Trinajstić information content (AvgIpc) is 2.65. The zero-order valence-electron chi connectivity index (χ0n) is 10.4. The largest absolute Gasteiger partial charge is 0.397 e. The van der Waals surface area contributed by atoms with Gasteiger partial charge in [-0.3, -0.25) is 9.59 Å². The van der Waals surface area contributed by atoms with Crippen LogP contribution in [0.5, 0.6) is 0 Å². The fourth-order valence-electron chi connectivity index (χ4n) is 1.64. The highest BCUT2D eigenvalue weighted by molar-refractivity contribution is 7.21. The van der Waals surface area contributed by atoms with Crippen LogP contribution in [-0.4, -0.2) is 23.3 Å². The predicted octanol–water partition coefficient (Wildman–Crippen LogP) is 0.792. The van der Waals surface area contributed by atoms with Gasteiger partial charge in [0.05, 0.1) is 5.69 Å². The maximum Gasteiger partial charge on any atom is 0.263 e. The molecule has 2 aromatic heterocycles. The van der Waals surface area contributed by atoms with Crippen molar-refractivity contribution >= 4 is 39.1 Å². The van der Waals surface area contributed by atoms with E-state index in [1.807, 2.05) is 19.1 Å². The molecule has 2 aromatic rings. The lowest BCUT2D eigenvalue weighted by Gasteiger charge is -2.02. The summed E-state index contributed by atoms with van der Waals surface area (Å²) in [5.41, 5.74) is 12.2. The zero-order chi connectivity index (χ0) is 14.0. The van der Waals surface area contributed by atoms with Crippen LogP contribution in [0.15, 0.2) is 12.1 Å². The monoisotopic (exact) mass is 278 g/mol. The molecule has 0 radical (unpaired) electrons. The minimum atomic E-state index is -0.457. The fourth-order valence-corrected chi connectivity index (χ4v) is 2.69. The lowest BCUT2D eigenvalue weighted by Crippen LogP contribution is -2.27. The summed E-state index contributed by atoms with van der Waals surface area (Å²) >= 11 is 1.24. The molecule has 0 spiro atoms. The SMILES string of the molecule is Cc1ccc2c(N)c(C(=O)NCCC(N)=O)sc2n1. The van der Waals surface area contributed by atoms with Gasteiger partial charge in [0, 0.05) is 24.0 Å². The molecule has 0 aliphatic heterocycles. The number of hydrogen-bond donors (Lipinski definition) is 3. The number of carbonyl (C=O) groups is 2. The first kappa shape index (κ1) is 13.3. The van der Waals surface area contributed by atoms with Crippen molar-refractivity contribution in [3.8, 4) is 0 Å². The molecular formula is C12H14N4O2S. The van der Waals surface area contributed by atoms with E-state index in [0.29, 0.717) is 10.6 Å². The van der Waals surface area contributed by atoms with Gasteiger partial charge in [-0.15, -0.1) is 11.3 Å². The summed E-state index contributed by atoms with van der Waals surface area (Å²) in [6.07, 6.45) is 0.105. The van der Waals surface area contributed by atoms with Crippen LogP contribution in [0.25, 0.3) is 10.2 Å². The second-order valence-corrected chi connectivity index (χ2v) is 5.12. The van der Waals surface area contributed by atoms with Crippen molar-refractivity contribution in [2.45, 2.75) is 13.3 Å². The summed E-state index contributed by atoms with van der Waals surface area (Å²) < 4.78 is 0. The minimum Gasteiger partial charge on any atom is -0.397 e. The van der Waals surface area contributed by atoms with Gasteiger partial charge in [0.1, 0.15) is 9.71 Å². The Labute approximate surface area is 113 Å². The third-order valence-electron chi connectivity index (χ3n) is 2.60. The first-order chi connectivity index (χ1) is 8.99. The highest BCUT2D eigenvalue weighted by atomic mass is 32.1. The van der Waals surface area contributed by atoms with E-state index in [1.165, 1.54) is 11.3 Å². The van der Waals surface area contributed by atoms with Crippen LogP contribution in [0.4, 0.5) is 5.69 Å². The summed E-state index contributed by atoms with van der Waals surface area (Å²) in [6, 6.07) is 3.70. The highest BCUT2D eigenvalue weighted by Crippen LogP contribution is 2.32. The van der Waals surface area contributed by atoms with E-state index in [-0.39, 0.29) is 18.9 Å². The number of primary amides is 1. The molecule has 2 amide bonds. The Morgan fingerprint density at radius 3 is 2.84 bits per heavy atom. The van der Waals surface area contributed by atoms with Crippen LogP contribution in [0.3, 0.4) is 0 Å². The summed E-state index contributed by atoms with van der Waals surface area (Å²) in [6.45, 7) is 2.08. The standard InChI is InChI=1S/C12H14N4O2S/c1-6-2-3-7-9(14)10(19-12(7)16-6)11(18)15-5-4-8(13)17/h2-3H,4-5,14H2,1H3,(H2,13,17)(H,15,18). The number of hydrogen-bond acceptors (Lipinski definition) is 5. The van der Waals surface area contributed by atoms with Gasteiger partial charge in [0.25, 0.3) is 5.91 Å². The normalized spacial score (nSPS) is 10.6. The number of carbonyl (C=O) groups excluding carboxylic acids is 2. The van der Waals surface area contributed by atoms with Gasteiger partial charge >= 0.3 is 0 Å². The molecule has 0 atom stereocenters. The van der Waals surface area contributed by atoms with Crippen molar-refractivity contribution in [2.24, 2.45) is 5.73 Å². The number of pyridine rings is 1. The van der Waals surface area contributed by atoms with E-state index < -0.39 is 5.91 Å². The van der Waals surface area contributed by atoms with Crippen molar-refractivity contribution < 1.29 is 9.59 Å². The maximum absolute atomic E-state index is 11.9. The quantitative estimate of drug-likeness (QED) is 0.767. The second-order valence-electron chi connectivity index (χ2n) is 4.12. The molecule has 100 valence electrons. The smallest absolute Gasteiger partial charge is 0.263 e. The van der Waals surface area contributed by atoms with Gasteiger partial charge in [-0.05, 0) is 19.1 Å². The van der Waals surface area contributed by atoms with E-state index in [9.17, 15) is 9.59 Å². The molecule has 0 unspecified atom stereocenters. The summed E-state index contributed by atoms with van der Waals surface area (Å²) in [5.74, 6) is -0.763. The predicted molar refractivity (Wildman–Crippen MR) is 74.9 cm³/mol. The number of nitrogens with zero attached hydrogens (tertiary/aromatic N) is 1. The Kier molecular flexibility index (Phi) is 3.66. The zero-order valence-corrected chi connectivity index (χ0v) is 11.2. The van der Waals surface area contributed by atoms with Crippen LogP contribution >= 0.6 is 11.3 Å². The third kappa shape index (κ3) is 2.82. The molecule has 2 rings (SSSR count). The van der Waals surface area contributed by atoms with Gasteiger partial charge in [-0.1, -0.05) is 0 Å². The van der Waals surface area contributed by atoms with Gasteiger partial charge in [-0.2, -0.15) is 0 Å². The van der Waals surface area contributed by atoms with Crippen molar-refractivity contribution in [3.05, 3.63) is 22.7 Å². The Morgan fingerprint density at radius 2 is 2.16 bits per heavy atom. The maximum atomic E-state index is 11.9. The van der Waals surface area contributed by atoms with Crippen LogP contribution in [0, 0.1) is 6.92 Å². The lowest BCUT2D eigenvalue weighted by atomic mass is 10.2. The Morgan fingerprint density at radius 1 is 1.42 bits per heavy atom. The first-order valence-electron chi connectivity index (χ1n) is 5.71. The second kappa shape index (κ2) is 5.23. The number of nitrogens with one attached hydrogen (secondary N) is 1. The molecule has 0 bridgehead atoms. The highest BCUT2D eigenvalue weighted by Gasteiger charge is 2.16. The Bertz CT molecular complexity index is 650. The Hall–Kier alpha value is -2.15. The number of aromatic nitrogens is 1. The van der Waals surface area contributed by atoms with Crippen LogP contribution in [-0.2, 0) is 4.79 Å². The molecule has 0 saturated heterocycles.